The molecule has 1 atom stereocenters. The summed E-state index contributed by atoms with van der Waals surface area (Å²) in [5.74, 6) is 1.45. The third kappa shape index (κ3) is 6.00. The zero-order valence-electron chi connectivity index (χ0n) is 24.3. The van der Waals surface area contributed by atoms with Crippen molar-refractivity contribution in [2.75, 3.05) is 33.9 Å². The summed E-state index contributed by atoms with van der Waals surface area (Å²) in [4.78, 5) is 27.5. The lowest BCUT2D eigenvalue weighted by molar-refractivity contribution is -0.115. The molecule has 11 heteroatoms. The molecular weight excluding hydrogens is 548 g/mol. The number of halogens is 2. The number of ether oxygens (including phenoxy) is 4. The maximum atomic E-state index is 13.4. The highest BCUT2D eigenvalue weighted by Crippen LogP contribution is 2.41. The van der Waals surface area contributed by atoms with Gasteiger partial charge in [-0.05, 0) is 68.0 Å². The number of nitrogens with zero attached hydrogens (tertiary/aromatic N) is 3. The summed E-state index contributed by atoms with van der Waals surface area (Å²) in [7, 11) is 3.15. The predicted molar refractivity (Wildman–Crippen MR) is 152 cm³/mol. The van der Waals surface area contributed by atoms with E-state index < -0.39 is 18.1 Å². The van der Waals surface area contributed by atoms with E-state index in [1.54, 1.807) is 19.1 Å². The molecule has 42 heavy (non-hydrogen) atoms. The summed E-state index contributed by atoms with van der Waals surface area (Å²) in [5.41, 5.74) is 1.41. The van der Waals surface area contributed by atoms with Crippen molar-refractivity contribution in [1.82, 2.24) is 9.91 Å². The molecule has 2 aromatic carbocycles. The Morgan fingerprint density at radius 3 is 2.31 bits per heavy atom. The number of amides is 1. The summed E-state index contributed by atoms with van der Waals surface area (Å²) in [6.07, 6.45) is 4.26. The summed E-state index contributed by atoms with van der Waals surface area (Å²) in [6, 6.07) is 9.42. The molecule has 0 radical (unpaired) electrons. The van der Waals surface area contributed by atoms with Crippen LogP contribution in [-0.4, -0.2) is 80.4 Å². The van der Waals surface area contributed by atoms with Crippen LogP contribution in [0.4, 0.5) is 8.78 Å². The molecular formula is C31H37F2N3O6. The Kier molecular flexibility index (Phi) is 8.56. The molecule has 2 heterocycles. The van der Waals surface area contributed by atoms with E-state index in [9.17, 15) is 18.4 Å². The van der Waals surface area contributed by atoms with Crippen molar-refractivity contribution >= 4 is 17.9 Å². The third-order valence-electron chi connectivity index (χ3n) is 8.34. The Balaban J connectivity index is 1.30. The van der Waals surface area contributed by atoms with Crippen LogP contribution in [0.25, 0.3) is 0 Å². The predicted octanol–water partition coefficient (Wildman–Crippen LogP) is 5.01. The molecule has 2 aromatic rings. The molecule has 1 saturated heterocycles. The number of rotatable bonds is 11. The molecule has 1 saturated carbocycles. The van der Waals surface area contributed by atoms with Gasteiger partial charge >= 0.3 is 6.61 Å². The van der Waals surface area contributed by atoms with E-state index in [1.807, 2.05) is 37.1 Å². The number of likely N-dealkylation sites (tertiary alicyclic amines) is 1. The fraction of sp³-hybridized carbons (Fsp3) is 0.516. The van der Waals surface area contributed by atoms with Gasteiger partial charge in [0.25, 0.3) is 5.91 Å². The van der Waals surface area contributed by atoms with Crippen LogP contribution >= 0.6 is 0 Å². The van der Waals surface area contributed by atoms with Crippen molar-refractivity contribution in [3.05, 3.63) is 47.5 Å². The first-order chi connectivity index (χ1) is 20.2. The van der Waals surface area contributed by atoms with Crippen LogP contribution in [-0.2, 0) is 4.79 Å². The summed E-state index contributed by atoms with van der Waals surface area (Å²) in [6.45, 7) is 2.34. The van der Waals surface area contributed by atoms with Crippen molar-refractivity contribution in [2.24, 2.45) is 16.4 Å². The highest BCUT2D eigenvalue weighted by molar-refractivity contribution is 6.07. The molecule has 2 fully saturated rings. The average molecular weight is 586 g/mol. The van der Waals surface area contributed by atoms with Gasteiger partial charge in [0.2, 0.25) is 0 Å². The number of benzene rings is 2. The molecule has 1 amide bonds. The van der Waals surface area contributed by atoms with Gasteiger partial charge in [-0.25, -0.2) is 0 Å². The van der Waals surface area contributed by atoms with E-state index in [1.165, 1.54) is 18.2 Å². The van der Waals surface area contributed by atoms with Gasteiger partial charge in [-0.3, -0.25) is 9.80 Å². The van der Waals surface area contributed by atoms with Crippen LogP contribution in [0.15, 0.2) is 41.5 Å². The Morgan fingerprint density at radius 2 is 1.69 bits per heavy atom. The minimum atomic E-state index is -2.99. The highest BCUT2D eigenvalue weighted by atomic mass is 19.3. The fourth-order valence-corrected chi connectivity index (χ4v) is 5.69. The topological polar surface area (TPSA) is 89.9 Å². The fourth-order valence-electron chi connectivity index (χ4n) is 5.69. The smallest absolute Gasteiger partial charge is 0.387 e. The molecule has 0 bridgehead atoms. The molecule has 226 valence electrons. The second kappa shape index (κ2) is 12.1. The van der Waals surface area contributed by atoms with Gasteiger partial charge in [0.15, 0.2) is 23.0 Å². The van der Waals surface area contributed by atoms with Crippen molar-refractivity contribution in [3.8, 4) is 23.0 Å². The van der Waals surface area contributed by atoms with E-state index in [-0.39, 0.29) is 23.4 Å². The molecule has 1 aliphatic carbocycles. The quantitative estimate of drug-likeness (QED) is 0.343. The van der Waals surface area contributed by atoms with Crippen LogP contribution in [0.5, 0.6) is 23.0 Å². The normalized spacial score (nSPS) is 20.4. The Labute approximate surface area is 244 Å². The van der Waals surface area contributed by atoms with Gasteiger partial charge in [0.1, 0.15) is 12.3 Å². The van der Waals surface area contributed by atoms with Crippen LogP contribution in [0.3, 0.4) is 0 Å². The minimum absolute atomic E-state index is 0.0413. The first-order valence-electron chi connectivity index (χ1n) is 14.2. The lowest BCUT2D eigenvalue weighted by Crippen LogP contribution is -2.50. The number of methoxy groups -OCH3 is 2. The zero-order valence-corrected chi connectivity index (χ0v) is 24.3. The molecule has 2 aliphatic heterocycles. The summed E-state index contributed by atoms with van der Waals surface area (Å²) >= 11 is 0. The van der Waals surface area contributed by atoms with E-state index >= 15 is 0 Å². The molecule has 0 N–H and O–H groups in total. The number of piperidine rings is 1. The van der Waals surface area contributed by atoms with E-state index in [4.69, 9.17) is 19.3 Å². The second-order valence-corrected chi connectivity index (χ2v) is 11.5. The van der Waals surface area contributed by atoms with Gasteiger partial charge in [-0.15, -0.1) is 0 Å². The van der Waals surface area contributed by atoms with Gasteiger partial charge < -0.3 is 28.6 Å². The SMILES string of the molecule is COc1ccc(C2=NN(C3CCN(C(=O)c4ccc(OC(F)F)c(OCC5CC5)c4)CC3)C(C=O)C2(C)C)cc1OC. The number of hydrogen-bond donors (Lipinski definition) is 0. The van der Waals surface area contributed by atoms with Crippen molar-refractivity contribution < 1.29 is 37.3 Å². The number of carbonyl (C=O) groups excluding carboxylic acids is 2. The number of alkyl halides is 2. The molecule has 0 aromatic heterocycles. The molecule has 5 rings (SSSR count). The third-order valence-corrected chi connectivity index (χ3v) is 8.34. The maximum absolute atomic E-state index is 13.4. The number of aldehydes is 1. The van der Waals surface area contributed by atoms with Crippen LogP contribution < -0.4 is 18.9 Å². The maximum Gasteiger partial charge on any atom is 0.387 e. The Hall–Kier alpha value is -3.89. The molecule has 9 nitrogen and oxygen atoms in total. The van der Waals surface area contributed by atoms with Crippen molar-refractivity contribution in [2.45, 2.75) is 58.2 Å². The lowest BCUT2D eigenvalue weighted by atomic mass is 9.78. The number of carbonyl (C=O) groups is 2. The van der Waals surface area contributed by atoms with Gasteiger partial charge in [-0.2, -0.15) is 13.9 Å². The Morgan fingerprint density at radius 1 is 1.00 bits per heavy atom. The first kappa shape index (κ1) is 29.6. The van der Waals surface area contributed by atoms with E-state index in [0.29, 0.717) is 55.5 Å². The monoisotopic (exact) mass is 585 g/mol. The number of hydrazone groups is 1. The van der Waals surface area contributed by atoms with Gasteiger partial charge in [0, 0.05) is 29.6 Å². The van der Waals surface area contributed by atoms with Crippen LogP contribution in [0.2, 0.25) is 0 Å². The first-order valence-corrected chi connectivity index (χ1v) is 14.2. The zero-order chi connectivity index (χ0) is 30.0. The molecule has 1 unspecified atom stereocenters. The minimum Gasteiger partial charge on any atom is -0.493 e. The van der Waals surface area contributed by atoms with Crippen molar-refractivity contribution in [3.63, 3.8) is 0 Å². The van der Waals surface area contributed by atoms with Crippen LogP contribution in [0.1, 0.15) is 55.5 Å². The molecule has 3 aliphatic rings. The standard InChI is InChI=1S/C31H37F2N3O6/c1-31(2)27(17-37)36(34-28(31)20-7-9-23(39-3)25(15-20)40-4)22-11-13-35(14-12-22)29(38)21-8-10-24(42-30(32)33)26(16-21)41-18-19-5-6-19/h7-10,15-17,19,22,27,30H,5-6,11-14,18H2,1-4H3. The lowest BCUT2D eigenvalue weighted by Gasteiger charge is -2.39. The van der Waals surface area contributed by atoms with Gasteiger partial charge in [-0.1, -0.05) is 13.8 Å². The Bertz CT molecular complexity index is 1340. The van der Waals surface area contributed by atoms with Gasteiger partial charge in [0.05, 0.1) is 32.6 Å². The van der Waals surface area contributed by atoms with Crippen molar-refractivity contribution in [1.29, 1.82) is 0 Å². The molecule has 0 spiro atoms. The summed E-state index contributed by atoms with van der Waals surface area (Å²) in [5, 5.41) is 6.85. The summed E-state index contributed by atoms with van der Waals surface area (Å²) < 4.78 is 47.0. The van der Waals surface area contributed by atoms with Crippen LogP contribution in [0, 0.1) is 11.3 Å². The second-order valence-electron chi connectivity index (χ2n) is 11.5. The largest absolute Gasteiger partial charge is 0.493 e. The number of hydrogen-bond acceptors (Lipinski definition) is 8. The van der Waals surface area contributed by atoms with E-state index in [2.05, 4.69) is 4.74 Å². The average Bonchev–Trinajstić information content (AvgIpc) is 3.77. The van der Waals surface area contributed by atoms with E-state index in [0.717, 1.165) is 30.4 Å². The highest BCUT2D eigenvalue weighted by Gasteiger charge is 2.47.